The van der Waals surface area contributed by atoms with E-state index in [9.17, 15) is 18.0 Å². The molecule has 14 nitrogen and oxygen atoms in total. The highest BCUT2D eigenvalue weighted by Gasteiger charge is 2.58. The number of ether oxygens (including phenoxy) is 1. The maximum absolute atomic E-state index is 13.1. The summed E-state index contributed by atoms with van der Waals surface area (Å²) in [4.78, 5) is 35.1. The molecule has 1 aromatic rings. The molecule has 1 fully saturated rings. The Hall–Kier alpha value is -2.37. The summed E-state index contributed by atoms with van der Waals surface area (Å²) in [5.41, 5.74) is 3.30. The standard InChI is InChI=1S/C18H30N6O8S2/c1-7-20-9-30-10(2)18(5,6)31-23-12(11-8-33-16(19)21-11)14(25)22-13-15(26)24(17(13,3)4)32-34(27,28)29/h8,10,13,20H,7,9H2,1-6H3,(H2,19,21)(H,22,25)(H,27,28,29)/b23-12-/t10?,13-/m1/s1. The van der Waals surface area contributed by atoms with Crippen molar-refractivity contribution in [3.8, 4) is 0 Å². The first kappa shape index (κ1) is 27.9. The maximum atomic E-state index is 13.1. The first-order valence-electron chi connectivity index (χ1n) is 10.2. The molecule has 0 aromatic carbocycles. The van der Waals surface area contributed by atoms with Gasteiger partial charge in [0.15, 0.2) is 16.4 Å². The minimum Gasteiger partial charge on any atom is -0.386 e. The van der Waals surface area contributed by atoms with E-state index in [-0.39, 0.29) is 16.5 Å². The number of oxime groups is 1. The zero-order valence-corrected chi connectivity index (χ0v) is 21.3. The summed E-state index contributed by atoms with van der Waals surface area (Å²) in [7, 11) is -4.93. The van der Waals surface area contributed by atoms with Gasteiger partial charge in [0.05, 0.1) is 18.4 Å². The topological polar surface area (TPSA) is 195 Å². The molecule has 1 aromatic heterocycles. The van der Waals surface area contributed by atoms with Crippen molar-refractivity contribution in [2.75, 3.05) is 19.0 Å². The summed E-state index contributed by atoms with van der Waals surface area (Å²) in [6.45, 7) is 11.1. The summed E-state index contributed by atoms with van der Waals surface area (Å²) in [6, 6.07) is -1.18. The van der Waals surface area contributed by atoms with Gasteiger partial charge < -0.3 is 20.6 Å². The van der Waals surface area contributed by atoms with E-state index in [1.165, 1.54) is 19.2 Å². The lowest BCUT2D eigenvalue weighted by atomic mass is 9.84. The van der Waals surface area contributed by atoms with Gasteiger partial charge in [-0.2, -0.15) is 13.5 Å². The van der Waals surface area contributed by atoms with Crippen LogP contribution < -0.4 is 16.4 Å². The van der Waals surface area contributed by atoms with E-state index >= 15 is 0 Å². The molecule has 1 aliphatic heterocycles. The van der Waals surface area contributed by atoms with Gasteiger partial charge in [0.1, 0.15) is 11.7 Å². The highest BCUT2D eigenvalue weighted by molar-refractivity contribution is 7.80. The molecule has 0 saturated carbocycles. The van der Waals surface area contributed by atoms with Crippen LogP contribution in [0.3, 0.4) is 0 Å². The minimum atomic E-state index is -4.93. The molecule has 0 radical (unpaired) electrons. The van der Waals surface area contributed by atoms with Crippen LogP contribution in [-0.2, 0) is 33.8 Å². The molecule has 1 unspecified atom stereocenters. The lowest BCUT2D eigenvalue weighted by Gasteiger charge is -2.50. The number of thiazole rings is 1. The molecule has 0 aliphatic carbocycles. The lowest BCUT2D eigenvalue weighted by Crippen LogP contribution is -2.76. The summed E-state index contributed by atoms with van der Waals surface area (Å²) in [6.07, 6.45) is -0.418. The number of amides is 2. The first-order chi connectivity index (χ1) is 15.6. The number of nitrogens with one attached hydrogen (secondary N) is 2. The van der Waals surface area contributed by atoms with Crippen molar-refractivity contribution >= 4 is 44.4 Å². The van der Waals surface area contributed by atoms with E-state index < -0.39 is 45.5 Å². The molecule has 2 rings (SSSR count). The number of β-lactam (4-membered cyclic amide) rings is 1. The van der Waals surface area contributed by atoms with Crippen LogP contribution in [0.15, 0.2) is 10.5 Å². The summed E-state index contributed by atoms with van der Waals surface area (Å²) in [5.74, 6) is -1.71. The quantitative estimate of drug-likeness (QED) is 0.0722. The molecule has 16 heteroatoms. The monoisotopic (exact) mass is 522 g/mol. The second-order valence-corrected chi connectivity index (χ2v) is 10.4. The molecule has 1 saturated heterocycles. The molecule has 2 atom stereocenters. The average Bonchev–Trinajstić information content (AvgIpc) is 3.15. The van der Waals surface area contributed by atoms with Crippen molar-refractivity contribution in [2.45, 2.75) is 64.8 Å². The molecular weight excluding hydrogens is 492 g/mol. The fraction of sp³-hybridized carbons (Fsp3) is 0.667. The summed E-state index contributed by atoms with van der Waals surface area (Å²) >= 11 is 1.08. The third-order valence-corrected chi connectivity index (χ3v) is 6.15. The van der Waals surface area contributed by atoms with Gasteiger partial charge in [-0.15, -0.1) is 15.6 Å². The van der Waals surface area contributed by atoms with Gasteiger partial charge in [-0.25, -0.2) is 4.98 Å². The Morgan fingerprint density at radius 3 is 2.62 bits per heavy atom. The van der Waals surface area contributed by atoms with E-state index in [1.54, 1.807) is 20.8 Å². The van der Waals surface area contributed by atoms with Crippen LogP contribution in [0.4, 0.5) is 5.13 Å². The van der Waals surface area contributed by atoms with E-state index in [0.717, 1.165) is 17.9 Å². The largest absolute Gasteiger partial charge is 0.418 e. The molecule has 1 aliphatic rings. The number of aromatic nitrogens is 1. The van der Waals surface area contributed by atoms with Crippen molar-refractivity contribution in [1.29, 1.82) is 0 Å². The van der Waals surface area contributed by atoms with Crippen LogP contribution >= 0.6 is 11.3 Å². The number of rotatable bonds is 12. The normalized spacial score (nSPS) is 19.5. The third-order valence-electron chi connectivity index (χ3n) is 5.14. The third kappa shape index (κ3) is 6.61. The van der Waals surface area contributed by atoms with E-state index in [0.29, 0.717) is 11.8 Å². The molecule has 0 spiro atoms. The van der Waals surface area contributed by atoms with Gasteiger partial charge in [0.2, 0.25) is 0 Å². The maximum Gasteiger partial charge on any atom is 0.418 e. The predicted molar refractivity (Wildman–Crippen MR) is 123 cm³/mol. The number of hydroxylamine groups is 2. The van der Waals surface area contributed by atoms with Gasteiger partial charge in [-0.3, -0.25) is 19.5 Å². The Balaban J connectivity index is 2.22. The number of hydrogen-bond donors (Lipinski definition) is 4. The van der Waals surface area contributed by atoms with Gasteiger partial charge in [0.25, 0.3) is 11.8 Å². The lowest BCUT2D eigenvalue weighted by molar-refractivity contribution is -0.218. The number of nitrogens with zero attached hydrogens (tertiary/aromatic N) is 3. The Bertz CT molecular complexity index is 1040. The van der Waals surface area contributed by atoms with Gasteiger partial charge in [0, 0.05) is 5.38 Å². The fourth-order valence-corrected chi connectivity index (χ4v) is 3.75. The van der Waals surface area contributed by atoms with Crippen molar-refractivity contribution < 1.29 is 36.4 Å². The summed E-state index contributed by atoms with van der Waals surface area (Å²) < 4.78 is 40.8. The van der Waals surface area contributed by atoms with Crippen LogP contribution in [0.2, 0.25) is 0 Å². The Morgan fingerprint density at radius 1 is 1.47 bits per heavy atom. The van der Waals surface area contributed by atoms with Crippen LogP contribution in [0.5, 0.6) is 0 Å². The van der Waals surface area contributed by atoms with Gasteiger partial charge >= 0.3 is 10.4 Å². The number of hydrogen-bond acceptors (Lipinski definition) is 12. The van der Waals surface area contributed by atoms with E-state index in [2.05, 4.69) is 25.1 Å². The summed E-state index contributed by atoms with van der Waals surface area (Å²) in [5, 5.41) is 11.6. The Labute approximate surface area is 201 Å². The van der Waals surface area contributed by atoms with Gasteiger partial charge in [-0.1, -0.05) is 12.1 Å². The van der Waals surface area contributed by atoms with Crippen LogP contribution in [0.1, 0.15) is 47.2 Å². The SMILES string of the molecule is CCNCOC(C)C(C)(C)O/N=C(\C(=O)N[C@@H]1C(=O)N(OS(=O)(=O)O)C1(C)C)c1csc(N)n1. The number of anilines is 1. The second-order valence-electron chi connectivity index (χ2n) is 8.46. The highest BCUT2D eigenvalue weighted by atomic mass is 32.3. The zero-order valence-electron chi connectivity index (χ0n) is 19.7. The molecule has 0 bridgehead atoms. The molecule has 192 valence electrons. The van der Waals surface area contributed by atoms with Gasteiger partial charge in [-0.05, 0) is 41.2 Å². The van der Waals surface area contributed by atoms with Crippen molar-refractivity contribution in [2.24, 2.45) is 5.16 Å². The molecule has 2 heterocycles. The van der Waals surface area contributed by atoms with Crippen LogP contribution in [0.25, 0.3) is 0 Å². The molecular formula is C18H30N6O8S2. The zero-order chi connectivity index (χ0) is 25.9. The van der Waals surface area contributed by atoms with Crippen LogP contribution in [-0.4, -0.2) is 77.1 Å². The highest BCUT2D eigenvalue weighted by Crippen LogP contribution is 2.33. The average molecular weight is 523 g/mol. The molecule has 34 heavy (non-hydrogen) atoms. The van der Waals surface area contributed by atoms with Crippen LogP contribution in [0, 0.1) is 0 Å². The molecule has 2 amide bonds. The molecule has 5 N–H and O–H groups in total. The first-order valence-corrected chi connectivity index (χ1v) is 12.5. The minimum absolute atomic E-state index is 0.118. The van der Waals surface area contributed by atoms with E-state index in [1.807, 2.05) is 6.92 Å². The number of nitrogen functional groups attached to an aromatic ring is 1. The Kier molecular flexibility index (Phi) is 8.60. The van der Waals surface area contributed by atoms with Crippen molar-refractivity contribution in [3.05, 3.63) is 11.1 Å². The Morgan fingerprint density at radius 2 is 2.12 bits per heavy atom. The second kappa shape index (κ2) is 10.5. The number of carbonyl (C=O) groups excluding carboxylic acids is 2. The predicted octanol–water partition coefficient (Wildman–Crippen LogP) is 0.0367. The smallest absolute Gasteiger partial charge is 0.386 e. The number of carbonyl (C=O) groups is 2. The van der Waals surface area contributed by atoms with Crippen molar-refractivity contribution in [1.82, 2.24) is 20.7 Å². The van der Waals surface area contributed by atoms with E-state index in [4.69, 9.17) is 19.9 Å². The fourth-order valence-electron chi connectivity index (χ4n) is 2.74. The number of nitrogens with two attached hydrogens (primary N) is 1. The van der Waals surface area contributed by atoms with Crippen molar-refractivity contribution in [3.63, 3.8) is 0 Å².